The standard InChI is InChI=1S/C24H27N3O6/c1-31-16-7-4-14(5-8-16)13-27-23(29)19(26-24(27)30)12-22(28)25-18-9-6-15-10-20(32-2)21(33-3)11-17(15)18/h4-5,7-8,10-11,18-19H,6,9,12-13H2,1-3H3,(H,25,28)(H,26,30)/t18-,19-/m0/s1. The van der Waals surface area contributed by atoms with Gasteiger partial charge in [0.2, 0.25) is 5.91 Å². The third kappa shape index (κ3) is 4.57. The Morgan fingerprint density at radius 3 is 2.42 bits per heavy atom. The number of methoxy groups -OCH3 is 3. The lowest BCUT2D eigenvalue weighted by Crippen LogP contribution is -2.37. The SMILES string of the molecule is COc1ccc(CN2C(=O)N[C@@H](CC(=O)N[C@H]3CCc4cc(OC)c(OC)cc43)C2=O)cc1. The van der Waals surface area contributed by atoms with E-state index in [0.29, 0.717) is 17.2 Å². The quantitative estimate of drug-likeness (QED) is 0.595. The van der Waals surface area contributed by atoms with Crippen LogP contribution in [0.15, 0.2) is 36.4 Å². The van der Waals surface area contributed by atoms with Gasteiger partial charge >= 0.3 is 6.03 Å². The Balaban J connectivity index is 1.38. The average Bonchev–Trinajstić information content (AvgIpc) is 3.33. The van der Waals surface area contributed by atoms with Crippen LogP contribution >= 0.6 is 0 Å². The Bertz CT molecular complexity index is 1070. The van der Waals surface area contributed by atoms with Gasteiger partial charge in [0.15, 0.2) is 11.5 Å². The van der Waals surface area contributed by atoms with Gasteiger partial charge < -0.3 is 24.8 Å². The number of carbonyl (C=O) groups excluding carboxylic acids is 3. The number of rotatable bonds is 8. The summed E-state index contributed by atoms with van der Waals surface area (Å²) in [6.07, 6.45) is 1.42. The molecule has 2 aromatic rings. The lowest BCUT2D eigenvalue weighted by atomic mass is 10.1. The van der Waals surface area contributed by atoms with Gasteiger partial charge in [-0.15, -0.1) is 0 Å². The summed E-state index contributed by atoms with van der Waals surface area (Å²) in [4.78, 5) is 39.0. The molecule has 2 N–H and O–H groups in total. The van der Waals surface area contributed by atoms with E-state index >= 15 is 0 Å². The molecule has 0 saturated carbocycles. The van der Waals surface area contributed by atoms with Crippen molar-refractivity contribution in [1.29, 1.82) is 0 Å². The molecule has 4 rings (SSSR count). The number of carbonyl (C=O) groups is 3. The van der Waals surface area contributed by atoms with Crippen LogP contribution in [-0.2, 0) is 22.6 Å². The number of nitrogens with one attached hydrogen (secondary N) is 2. The maximum Gasteiger partial charge on any atom is 0.325 e. The maximum atomic E-state index is 12.8. The van der Waals surface area contributed by atoms with Crippen molar-refractivity contribution in [3.63, 3.8) is 0 Å². The maximum absolute atomic E-state index is 12.8. The molecule has 0 radical (unpaired) electrons. The monoisotopic (exact) mass is 453 g/mol. The van der Waals surface area contributed by atoms with Gasteiger partial charge in [-0.25, -0.2) is 4.79 Å². The second-order valence-electron chi connectivity index (χ2n) is 8.04. The first-order valence-electron chi connectivity index (χ1n) is 10.7. The van der Waals surface area contributed by atoms with Crippen LogP contribution in [-0.4, -0.2) is 50.1 Å². The van der Waals surface area contributed by atoms with Crippen molar-refractivity contribution in [3.8, 4) is 17.2 Å². The highest BCUT2D eigenvalue weighted by Crippen LogP contribution is 2.39. The number of nitrogens with zero attached hydrogens (tertiary/aromatic N) is 1. The van der Waals surface area contributed by atoms with Crippen LogP contribution in [0.1, 0.15) is 35.6 Å². The van der Waals surface area contributed by atoms with Crippen molar-refractivity contribution < 1.29 is 28.6 Å². The van der Waals surface area contributed by atoms with E-state index in [-0.39, 0.29) is 24.9 Å². The predicted octanol–water partition coefficient (Wildman–Crippen LogP) is 2.33. The second kappa shape index (κ2) is 9.40. The molecule has 1 heterocycles. The van der Waals surface area contributed by atoms with E-state index in [1.807, 2.05) is 12.1 Å². The van der Waals surface area contributed by atoms with Gasteiger partial charge in [-0.05, 0) is 53.8 Å². The number of imide groups is 1. The van der Waals surface area contributed by atoms with E-state index in [2.05, 4.69) is 10.6 Å². The van der Waals surface area contributed by atoms with Crippen molar-refractivity contribution in [1.82, 2.24) is 15.5 Å². The van der Waals surface area contributed by atoms with Gasteiger partial charge in [0.05, 0.1) is 40.3 Å². The normalized spacial score (nSPS) is 19.2. The molecule has 0 aromatic heterocycles. The van der Waals surface area contributed by atoms with Crippen molar-refractivity contribution in [3.05, 3.63) is 53.1 Å². The molecule has 2 atom stereocenters. The number of aryl methyl sites for hydroxylation is 1. The van der Waals surface area contributed by atoms with E-state index in [4.69, 9.17) is 14.2 Å². The highest BCUT2D eigenvalue weighted by atomic mass is 16.5. The molecule has 1 aliphatic carbocycles. The summed E-state index contributed by atoms with van der Waals surface area (Å²) >= 11 is 0. The Labute approximate surface area is 192 Å². The van der Waals surface area contributed by atoms with Crippen LogP contribution in [0.5, 0.6) is 17.2 Å². The molecule has 1 fully saturated rings. The topological polar surface area (TPSA) is 106 Å². The zero-order chi connectivity index (χ0) is 23.5. The number of hydrogen-bond donors (Lipinski definition) is 2. The van der Waals surface area contributed by atoms with Gasteiger partial charge in [-0.2, -0.15) is 0 Å². The Hall–Kier alpha value is -3.75. The van der Waals surface area contributed by atoms with Crippen molar-refractivity contribution in [2.45, 2.75) is 37.9 Å². The molecule has 0 unspecified atom stereocenters. The fraction of sp³-hybridized carbons (Fsp3) is 0.375. The fourth-order valence-electron chi connectivity index (χ4n) is 4.30. The average molecular weight is 453 g/mol. The van der Waals surface area contributed by atoms with Gasteiger partial charge in [0.25, 0.3) is 5.91 Å². The Morgan fingerprint density at radius 2 is 1.76 bits per heavy atom. The van der Waals surface area contributed by atoms with Crippen molar-refractivity contribution in [2.24, 2.45) is 0 Å². The summed E-state index contributed by atoms with van der Waals surface area (Å²) < 4.78 is 15.9. The molecule has 9 nitrogen and oxygen atoms in total. The summed E-state index contributed by atoms with van der Waals surface area (Å²) in [5.74, 6) is 1.23. The molecule has 1 saturated heterocycles. The van der Waals surface area contributed by atoms with Gasteiger partial charge in [-0.3, -0.25) is 14.5 Å². The van der Waals surface area contributed by atoms with Crippen LogP contribution in [0.25, 0.3) is 0 Å². The van der Waals surface area contributed by atoms with E-state index in [1.165, 1.54) is 0 Å². The number of ether oxygens (including phenoxy) is 3. The highest BCUT2D eigenvalue weighted by Gasteiger charge is 2.39. The summed E-state index contributed by atoms with van der Waals surface area (Å²) in [6.45, 7) is 0.129. The molecule has 0 bridgehead atoms. The minimum absolute atomic E-state index is 0.122. The molecular weight excluding hydrogens is 426 g/mol. The van der Waals surface area contributed by atoms with Gasteiger partial charge in [-0.1, -0.05) is 12.1 Å². The second-order valence-corrected chi connectivity index (χ2v) is 8.04. The lowest BCUT2D eigenvalue weighted by molar-refractivity contribution is -0.131. The summed E-state index contributed by atoms with van der Waals surface area (Å²) in [5, 5.41) is 5.61. The number of amides is 4. The van der Waals surface area contributed by atoms with Crippen LogP contribution < -0.4 is 24.8 Å². The molecular formula is C24H27N3O6. The minimum Gasteiger partial charge on any atom is -0.497 e. The molecule has 2 aliphatic rings. The fourth-order valence-corrected chi connectivity index (χ4v) is 4.30. The first kappa shape index (κ1) is 22.4. The summed E-state index contributed by atoms with van der Waals surface area (Å²) in [7, 11) is 4.72. The highest BCUT2D eigenvalue weighted by molar-refractivity contribution is 6.05. The number of urea groups is 1. The number of benzene rings is 2. The molecule has 4 amide bonds. The van der Waals surface area contributed by atoms with Crippen LogP contribution in [0.2, 0.25) is 0 Å². The van der Waals surface area contributed by atoms with Crippen LogP contribution in [0, 0.1) is 0 Å². The Morgan fingerprint density at radius 1 is 1.06 bits per heavy atom. The smallest absolute Gasteiger partial charge is 0.325 e. The van der Waals surface area contributed by atoms with E-state index < -0.39 is 18.0 Å². The van der Waals surface area contributed by atoms with Gasteiger partial charge in [0, 0.05) is 0 Å². The number of fused-ring (bicyclic) bond motifs is 1. The lowest BCUT2D eigenvalue weighted by Gasteiger charge is -2.17. The Kier molecular flexibility index (Phi) is 6.39. The van der Waals surface area contributed by atoms with E-state index in [1.54, 1.807) is 45.6 Å². The van der Waals surface area contributed by atoms with Gasteiger partial charge in [0.1, 0.15) is 11.8 Å². The van der Waals surface area contributed by atoms with Crippen molar-refractivity contribution >= 4 is 17.8 Å². The minimum atomic E-state index is -0.887. The van der Waals surface area contributed by atoms with Crippen molar-refractivity contribution in [2.75, 3.05) is 21.3 Å². The first-order valence-corrected chi connectivity index (χ1v) is 10.7. The summed E-state index contributed by atoms with van der Waals surface area (Å²) in [5.41, 5.74) is 2.86. The molecule has 174 valence electrons. The van der Waals surface area contributed by atoms with Crippen LogP contribution in [0.4, 0.5) is 4.79 Å². The van der Waals surface area contributed by atoms with E-state index in [9.17, 15) is 14.4 Å². The predicted molar refractivity (Wildman–Crippen MR) is 119 cm³/mol. The molecule has 1 aliphatic heterocycles. The molecule has 9 heteroatoms. The summed E-state index contributed by atoms with van der Waals surface area (Å²) in [6, 6.07) is 9.35. The third-order valence-electron chi connectivity index (χ3n) is 6.05. The van der Waals surface area contributed by atoms with E-state index in [0.717, 1.165) is 34.4 Å². The first-order chi connectivity index (χ1) is 15.9. The molecule has 33 heavy (non-hydrogen) atoms. The zero-order valence-corrected chi connectivity index (χ0v) is 18.8. The largest absolute Gasteiger partial charge is 0.497 e. The zero-order valence-electron chi connectivity index (χ0n) is 18.8. The third-order valence-corrected chi connectivity index (χ3v) is 6.05. The van der Waals surface area contributed by atoms with Crippen LogP contribution in [0.3, 0.4) is 0 Å². The molecule has 2 aromatic carbocycles. The number of hydrogen-bond acceptors (Lipinski definition) is 6. The molecule has 0 spiro atoms.